The van der Waals surface area contributed by atoms with E-state index in [2.05, 4.69) is 4.98 Å². The Bertz CT molecular complexity index is 597. The normalized spacial score (nSPS) is 13.7. The minimum atomic E-state index is -1.42. The first kappa shape index (κ1) is 14.3. The fraction of sp³-hybridized carbons (Fsp3) is 0.267. The lowest BCUT2D eigenvalue weighted by Crippen LogP contribution is -2.25. The van der Waals surface area contributed by atoms with Crippen molar-refractivity contribution in [2.75, 3.05) is 14.2 Å². The number of nitrogens with zero attached hydrogens (tertiary/aromatic N) is 1. The summed E-state index contributed by atoms with van der Waals surface area (Å²) >= 11 is 0. The first-order valence-corrected chi connectivity index (χ1v) is 6.06. The van der Waals surface area contributed by atoms with E-state index in [9.17, 15) is 9.50 Å². The van der Waals surface area contributed by atoms with Crippen LogP contribution in [0, 0.1) is 5.82 Å². The van der Waals surface area contributed by atoms with Gasteiger partial charge in [-0.2, -0.15) is 0 Å². The maximum Gasteiger partial charge on any atom is 0.141 e. The Morgan fingerprint density at radius 2 is 1.90 bits per heavy atom. The summed E-state index contributed by atoms with van der Waals surface area (Å²) in [6.07, 6.45) is 1.07. The van der Waals surface area contributed by atoms with Gasteiger partial charge in [0.05, 0.1) is 26.1 Å². The van der Waals surface area contributed by atoms with Gasteiger partial charge in [0.25, 0.3) is 0 Å². The van der Waals surface area contributed by atoms with Crippen molar-refractivity contribution >= 4 is 0 Å². The van der Waals surface area contributed by atoms with Gasteiger partial charge in [-0.3, -0.25) is 4.98 Å². The number of hydrogen-bond acceptors (Lipinski definition) is 4. The van der Waals surface area contributed by atoms with Gasteiger partial charge in [-0.05, 0) is 37.3 Å². The first-order valence-electron chi connectivity index (χ1n) is 6.06. The number of hydrogen-bond donors (Lipinski definition) is 1. The van der Waals surface area contributed by atoms with Gasteiger partial charge in [-0.1, -0.05) is 0 Å². The fourth-order valence-corrected chi connectivity index (χ4v) is 2.00. The summed E-state index contributed by atoms with van der Waals surface area (Å²) in [5.41, 5.74) is -0.600. The van der Waals surface area contributed by atoms with Crippen LogP contribution >= 0.6 is 0 Å². The molecule has 0 radical (unpaired) electrons. The summed E-state index contributed by atoms with van der Waals surface area (Å²) in [6.45, 7) is 1.57. The van der Waals surface area contributed by atoms with Crippen LogP contribution < -0.4 is 9.47 Å². The Morgan fingerprint density at radius 3 is 2.45 bits per heavy atom. The second-order valence-electron chi connectivity index (χ2n) is 4.50. The molecular weight excluding hydrogens is 261 g/mol. The molecule has 1 aromatic heterocycles. The zero-order valence-electron chi connectivity index (χ0n) is 11.6. The zero-order chi connectivity index (χ0) is 14.8. The Labute approximate surface area is 116 Å². The van der Waals surface area contributed by atoms with Crippen molar-refractivity contribution in [2.24, 2.45) is 0 Å². The lowest BCUT2D eigenvalue weighted by atomic mass is 9.91. The molecule has 0 aliphatic rings. The Hall–Kier alpha value is -2.14. The highest BCUT2D eigenvalue weighted by molar-refractivity contribution is 5.46. The van der Waals surface area contributed by atoms with Crippen LogP contribution in [0.2, 0.25) is 0 Å². The highest BCUT2D eigenvalue weighted by Crippen LogP contribution is 2.36. The number of pyridine rings is 1. The van der Waals surface area contributed by atoms with Crippen molar-refractivity contribution in [1.82, 2.24) is 4.98 Å². The smallest absolute Gasteiger partial charge is 0.141 e. The topological polar surface area (TPSA) is 51.6 Å². The lowest BCUT2D eigenvalue weighted by Gasteiger charge is -2.25. The Kier molecular flexibility index (Phi) is 3.90. The van der Waals surface area contributed by atoms with Gasteiger partial charge in [0.1, 0.15) is 22.9 Å². The van der Waals surface area contributed by atoms with E-state index in [4.69, 9.17) is 9.47 Å². The molecule has 106 valence electrons. The number of aliphatic hydroxyl groups is 1. The number of rotatable bonds is 4. The molecular formula is C15H16FNO3. The van der Waals surface area contributed by atoms with Crippen molar-refractivity contribution in [3.05, 3.63) is 53.6 Å². The molecule has 20 heavy (non-hydrogen) atoms. The average Bonchev–Trinajstić information content (AvgIpc) is 2.47. The summed E-state index contributed by atoms with van der Waals surface area (Å²) in [5, 5.41) is 10.8. The van der Waals surface area contributed by atoms with E-state index >= 15 is 0 Å². The Balaban J connectivity index is 2.54. The zero-order valence-corrected chi connectivity index (χ0v) is 11.6. The van der Waals surface area contributed by atoms with Crippen molar-refractivity contribution < 1.29 is 19.0 Å². The molecule has 1 atom stereocenters. The third-order valence-corrected chi connectivity index (χ3v) is 3.16. The van der Waals surface area contributed by atoms with Crippen LogP contribution in [0.1, 0.15) is 18.2 Å². The van der Waals surface area contributed by atoms with Crippen molar-refractivity contribution in [3.8, 4) is 11.5 Å². The van der Waals surface area contributed by atoms with Gasteiger partial charge in [-0.15, -0.1) is 0 Å². The molecule has 0 saturated heterocycles. The third-order valence-electron chi connectivity index (χ3n) is 3.16. The van der Waals surface area contributed by atoms with Gasteiger partial charge in [0.15, 0.2) is 0 Å². The van der Waals surface area contributed by atoms with Gasteiger partial charge >= 0.3 is 0 Å². The average molecular weight is 277 g/mol. The molecule has 1 unspecified atom stereocenters. The van der Waals surface area contributed by atoms with Crippen LogP contribution in [0.4, 0.5) is 4.39 Å². The molecule has 1 aromatic carbocycles. The quantitative estimate of drug-likeness (QED) is 0.933. The van der Waals surface area contributed by atoms with E-state index < -0.39 is 11.4 Å². The van der Waals surface area contributed by atoms with Crippen LogP contribution in [0.5, 0.6) is 11.5 Å². The van der Waals surface area contributed by atoms with Gasteiger partial charge in [0.2, 0.25) is 0 Å². The molecule has 4 nitrogen and oxygen atoms in total. The van der Waals surface area contributed by atoms with Crippen molar-refractivity contribution in [3.63, 3.8) is 0 Å². The third kappa shape index (κ3) is 2.58. The van der Waals surface area contributed by atoms with Crippen LogP contribution in [-0.2, 0) is 5.60 Å². The predicted molar refractivity (Wildman–Crippen MR) is 72.4 cm³/mol. The van der Waals surface area contributed by atoms with Crippen molar-refractivity contribution in [2.45, 2.75) is 12.5 Å². The monoisotopic (exact) mass is 277 g/mol. The standard InChI is InChI=1S/C15H16FNO3/c1-15(18,14-7-4-10(16)9-17-14)12-8-11(19-2)5-6-13(12)20-3/h4-9,18H,1-3H3. The maximum atomic E-state index is 13.0. The minimum Gasteiger partial charge on any atom is -0.497 e. The molecule has 2 aromatic rings. The summed E-state index contributed by atoms with van der Waals surface area (Å²) in [6, 6.07) is 7.80. The molecule has 0 spiro atoms. The second-order valence-corrected chi connectivity index (χ2v) is 4.50. The van der Waals surface area contributed by atoms with Gasteiger partial charge < -0.3 is 14.6 Å². The molecule has 1 heterocycles. The van der Waals surface area contributed by atoms with Crippen molar-refractivity contribution in [1.29, 1.82) is 0 Å². The van der Waals surface area contributed by atoms with E-state index in [1.165, 1.54) is 26.4 Å². The van der Waals surface area contributed by atoms with E-state index in [1.807, 2.05) is 0 Å². The highest BCUT2D eigenvalue weighted by Gasteiger charge is 2.31. The molecule has 1 N–H and O–H groups in total. The highest BCUT2D eigenvalue weighted by atomic mass is 19.1. The molecule has 0 aliphatic heterocycles. The largest absolute Gasteiger partial charge is 0.497 e. The van der Waals surface area contributed by atoms with Crippen LogP contribution in [0.3, 0.4) is 0 Å². The van der Waals surface area contributed by atoms with E-state index in [-0.39, 0.29) is 0 Å². The number of halogens is 1. The molecule has 5 heteroatoms. The summed E-state index contributed by atoms with van der Waals surface area (Å²) in [7, 11) is 3.05. The lowest BCUT2D eigenvalue weighted by molar-refractivity contribution is 0.0937. The van der Waals surface area contributed by atoms with E-state index in [0.717, 1.165) is 6.20 Å². The van der Waals surface area contributed by atoms with E-state index in [1.54, 1.807) is 25.1 Å². The SMILES string of the molecule is COc1ccc(OC)c(C(C)(O)c2ccc(F)cn2)c1. The number of aromatic nitrogens is 1. The molecule has 0 aliphatic carbocycles. The maximum absolute atomic E-state index is 13.0. The summed E-state index contributed by atoms with van der Waals surface area (Å²) in [4.78, 5) is 3.94. The number of methoxy groups -OCH3 is 2. The number of benzene rings is 1. The second kappa shape index (κ2) is 5.46. The molecule has 0 bridgehead atoms. The molecule has 0 amide bonds. The van der Waals surface area contributed by atoms with Crippen LogP contribution in [0.25, 0.3) is 0 Å². The van der Waals surface area contributed by atoms with Crippen LogP contribution in [0.15, 0.2) is 36.5 Å². The predicted octanol–water partition coefficient (Wildman–Crippen LogP) is 2.49. The number of ether oxygens (including phenoxy) is 2. The summed E-state index contributed by atoms with van der Waals surface area (Å²) in [5.74, 6) is 0.632. The van der Waals surface area contributed by atoms with Gasteiger partial charge in [-0.25, -0.2) is 4.39 Å². The summed E-state index contributed by atoms with van der Waals surface area (Å²) < 4.78 is 23.4. The first-order chi connectivity index (χ1) is 9.48. The molecule has 0 saturated carbocycles. The molecule has 0 fully saturated rings. The minimum absolute atomic E-state index is 0.324. The Morgan fingerprint density at radius 1 is 1.15 bits per heavy atom. The molecule has 2 rings (SSSR count). The van der Waals surface area contributed by atoms with E-state index in [0.29, 0.717) is 22.8 Å². The van der Waals surface area contributed by atoms with Crippen LogP contribution in [-0.4, -0.2) is 24.3 Å². The fourth-order valence-electron chi connectivity index (χ4n) is 2.00. The van der Waals surface area contributed by atoms with Gasteiger partial charge in [0, 0.05) is 5.56 Å².